The lowest BCUT2D eigenvalue weighted by molar-refractivity contribution is 1.09. The maximum Gasteiger partial charge on any atom is 0.0883 e. The maximum atomic E-state index is 4.19. The van der Waals surface area contributed by atoms with Crippen molar-refractivity contribution in [3.63, 3.8) is 0 Å². The summed E-state index contributed by atoms with van der Waals surface area (Å²) >= 11 is 0. The Morgan fingerprint density at radius 3 is 2.20 bits per heavy atom. The smallest absolute Gasteiger partial charge is 0.0883 e. The summed E-state index contributed by atoms with van der Waals surface area (Å²) in [6.07, 6.45) is 12.5. The van der Waals surface area contributed by atoms with Crippen molar-refractivity contribution in [3.8, 4) is 0 Å². The van der Waals surface area contributed by atoms with Crippen LogP contribution >= 0.6 is 0 Å². The molecule has 0 aliphatic heterocycles. The fourth-order valence-corrected chi connectivity index (χ4v) is 1.06. The third-order valence-electron chi connectivity index (χ3n) is 1.59. The van der Waals surface area contributed by atoms with E-state index in [1.807, 2.05) is 39.8 Å². The average Bonchev–Trinajstić information content (AvgIpc) is 2.59. The number of allylic oxidation sites excluding steroid dienone is 2. The van der Waals surface area contributed by atoms with Crippen LogP contribution in [0.25, 0.3) is 12.2 Å². The molecule has 1 aliphatic carbocycles. The van der Waals surface area contributed by atoms with E-state index in [2.05, 4.69) is 22.1 Å². The SMILES string of the molecule is C1=CCC=c2nccnc2=C1.CC.CC. The number of fused-ring (bicyclic) bond motifs is 1. The van der Waals surface area contributed by atoms with Crippen LogP contribution in [0, 0.1) is 0 Å². The molecule has 0 bridgehead atoms. The van der Waals surface area contributed by atoms with Crippen LogP contribution in [0.3, 0.4) is 0 Å². The lowest BCUT2D eigenvalue weighted by atomic mass is 10.4. The molecule has 1 aromatic heterocycles. The summed E-state index contributed by atoms with van der Waals surface area (Å²) in [5.74, 6) is 0. The number of hydrogen-bond acceptors (Lipinski definition) is 2. The average molecular weight is 204 g/mol. The molecular weight excluding hydrogens is 184 g/mol. The van der Waals surface area contributed by atoms with E-state index in [0.717, 1.165) is 17.1 Å². The molecule has 1 aliphatic rings. The largest absolute Gasteiger partial charge is 0.253 e. The van der Waals surface area contributed by atoms with Crippen molar-refractivity contribution < 1.29 is 0 Å². The fraction of sp³-hybridized carbons (Fsp3) is 0.385. The Kier molecular flexibility index (Phi) is 8.25. The van der Waals surface area contributed by atoms with Gasteiger partial charge in [-0.15, -0.1) is 0 Å². The Bertz CT molecular complexity index is 391. The number of hydrogen-bond donors (Lipinski definition) is 0. The maximum absolute atomic E-state index is 4.19. The van der Waals surface area contributed by atoms with Gasteiger partial charge < -0.3 is 0 Å². The van der Waals surface area contributed by atoms with Crippen LogP contribution in [0.15, 0.2) is 24.5 Å². The Balaban J connectivity index is 0.000000442. The van der Waals surface area contributed by atoms with Crippen LogP contribution in [-0.2, 0) is 0 Å². The lowest BCUT2D eigenvalue weighted by Gasteiger charge is -1.84. The first-order valence-corrected chi connectivity index (χ1v) is 5.61. The van der Waals surface area contributed by atoms with Crippen molar-refractivity contribution in [2.45, 2.75) is 34.1 Å². The zero-order valence-electron chi connectivity index (χ0n) is 10.1. The van der Waals surface area contributed by atoms with Crippen molar-refractivity contribution in [2.24, 2.45) is 0 Å². The van der Waals surface area contributed by atoms with Gasteiger partial charge in [0.2, 0.25) is 0 Å². The molecule has 2 nitrogen and oxygen atoms in total. The summed E-state index contributed by atoms with van der Waals surface area (Å²) in [6.45, 7) is 8.00. The van der Waals surface area contributed by atoms with Gasteiger partial charge in [-0.05, 0) is 12.5 Å². The van der Waals surface area contributed by atoms with E-state index in [1.165, 1.54) is 0 Å². The quantitative estimate of drug-likeness (QED) is 0.646. The molecule has 2 rings (SSSR count). The van der Waals surface area contributed by atoms with Gasteiger partial charge in [0, 0.05) is 12.4 Å². The van der Waals surface area contributed by atoms with E-state index in [1.54, 1.807) is 12.4 Å². The summed E-state index contributed by atoms with van der Waals surface area (Å²) in [5.41, 5.74) is 0. The summed E-state index contributed by atoms with van der Waals surface area (Å²) in [5, 5.41) is 1.94. The Labute approximate surface area is 92.1 Å². The molecule has 0 spiro atoms. The van der Waals surface area contributed by atoms with Crippen molar-refractivity contribution >= 4 is 12.2 Å². The molecule has 15 heavy (non-hydrogen) atoms. The van der Waals surface area contributed by atoms with Crippen LogP contribution in [0.1, 0.15) is 34.1 Å². The van der Waals surface area contributed by atoms with Crippen molar-refractivity contribution in [1.29, 1.82) is 0 Å². The van der Waals surface area contributed by atoms with Crippen LogP contribution in [0.4, 0.5) is 0 Å². The van der Waals surface area contributed by atoms with Gasteiger partial charge in [0.1, 0.15) is 0 Å². The predicted molar refractivity (Wildman–Crippen MR) is 66.7 cm³/mol. The van der Waals surface area contributed by atoms with Gasteiger partial charge in [0.15, 0.2) is 0 Å². The molecule has 2 heteroatoms. The summed E-state index contributed by atoms with van der Waals surface area (Å²) in [4.78, 5) is 8.37. The second kappa shape index (κ2) is 9.13. The minimum atomic E-state index is 0.947. The third kappa shape index (κ3) is 4.54. The van der Waals surface area contributed by atoms with Crippen LogP contribution in [-0.4, -0.2) is 9.97 Å². The van der Waals surface area contributed by atoms with Crippen LogP contribution < -0.4 is 10.7 Å². The normalized spacial score (nSPS) is 11.2. The number of rotatable bonds is 0. The predicted octanol–water partition coefficient (Wildman–Crippen LogP) is 2.05. The van der Waals surface area contributed by atoms with Gasteiger partial charge in [-0.2, -0.15) is 0 Å². The first-order valence-electron chi connectivity index (χ1n) is 5.61. The highest BCUT2D eigenvalue weighted by Gasteiger charge is 1.87. The van der Waals surface area contributed by atoms with Crippen molar-refractivity contribution in [3.05, 3.63) is 35.2 Å². The van der Waals surface area contributed by atoms with Gasteiger partial charge in [0.25, 0.3) is 0 Å². The molecule has 0 atom stereocenters. The first kappa shape index (κ1) is 13.6. The zero-order chi connectivity index (χ0) is 11.5. The van der Waals surface area contributed by atoms with Crippen LogP contribution in [0.2, 0.25) is 0 Å². The van der Waals surface area contributed by atoms with E-state index >= 15 is 0 Å². The Hall–Kier alpha value is -1.44. The molecule has 0 saturated heterocycles. The summed E-state index contributed by atoms with van der Waals surface area (Å²) in [7, 11) is 0. The van der Waals surface area contributed by atoms with E-state index in [0.29, 0.717) is 0 Å². The van der Waals surface area contributed by atoms with E-state index in [9.17, 15) is 0 Å². The molecule has 1 heterocycles. The molecule has 0 unspecified atom stereocenters. The number of aromatic nitrogens is 2. The topological polar surface area (TPSA) is 25.8 Å². The monoisotopic (exact) mass is 204 g/mol. The lowest BCUT2D eigenvalue weighted by Crippen LogP contribution is -2.29. The summed E-state index contributed by atoms with van der Waals surface area (Å²) in [6, 6.07) is 0. The Morgan fingerprint density at radius 2 is 1.53 bits per heavy atom. The summed E-state index contributed by atoms with van der Waals surface area (Å²) < 4.78 is 0. The zero-order valence-corrected chi connectivity index (χ0v) is 10.1. The fourth-order valence-electron chi connectivity index (χ4n) is 1.06. The first-order chi connectivity index (χ1) is 7.47. The van der Waals surface area contributed by atoms with Gasteiger partial charge >= 0.3 is 0 Å². The molecule has 0 fully saturated rings. The van der Waals surface area contributed by atoms with Gasteiger partial charge in [-0.1, -0.05) is 45.9 Å². The van der Waals surface area contributed by atoms with E-state index < -0.39 is 0 Å². The van der Waals surface area contributed by atoms with Crippen molar-refractivity contribution in [1.82, 2.24) is 9.97 Å². The molecule has 0 amide bonds. The highest BCUT2D eigenvalue weighted by molar-refractivity contribution is 5.40. The third-order valence-corrected chi connectivity index (χ3v) is 1.59. The molecule has 0 N–H and O–H groups in total. The van der Waals surface area contributed by atoms with Crippen molar-refractivity contribution in [2.75, 3.05) is 0 Å². The molecule has 0 saturated carbocycles. The van der Waals surface area contributed by atoms with E-state index in [-0.39, 0.29) is 0 Å². The molecule has 0 aromatic carbocycles. The Morgan fingerprint density at radius 1 is 0.933 bits per heavy atom. The van der Waals surface area contributed by atoms with E-state index in [4.69, 9.17) is 0 Å². The minimum absolute atomic E-state index is 0.947. The highest BCUT2D eigenvalue weighted by Crippen LogP contribution is 1.85. The molecule has 0 radical (unpaired) electrons. The van der Waals surface area contributed by atoms with Gasteiger partial charge in [-0.3, -0.25) is 9.97 Å². The van der Waals surface area contributed by atoms with Gasteiger partial charge in [-0.25, -0.2) is 0 Å². The molecule has 82 valence electrons. The standard InChI is InChI=1S/C9H8N2.2C2H6/c1-2-4-8-9(5-3-1)11-7-6-10-8;2*1-2/h1-2,4-7H,3H2;2*1-2H3. The second-order valence-corrected chi connectivity index (χ2v) is 2.36. The molecular formula is C13H20N2. The van der Waals surface area contributed by atoms with Gasteiger partial charge in [0.05, 0.1) is 10.7 Å². The highest BCUT2D eigenvalue weighted by atomic mass is 14.8. The minimum Gasteiger partial charge on any atom is -0.253 e. The second-order valence-electron chi connectivity index (χ2n) is 2.36. The molecule has 1 aromatic rings. The van der Waals surface area contributed by atoms with Crippen LogP contribution in [0.5, 0.6) is 0 Å². The number of nitrogens with zero attached hydrogens (tertiary/aromatic N) is 2.